The van der Waals surface area contributed by atoms with Crippen LogP contribution in [0.15, 0.2) is 17.0 Å². The van der Waals surface area contributed by atoms with Gasteiger partial charge in [0.25, 0.3) is 0 Å². The Morgan fingerprint density at radius 2 is 2.15 bits per heavy atom. The first kappa shape index (κ1) is 16.0. The molecule has 112 valence electrons. The van der Waals surface area contributed by atoms with Crippen LogP contribution in [0.25, 0.3) is 0 Å². The third kappa shape index (κ3) is 3.11. The SMILES string of the molecule is CC1CCCN(S(=O)(=O)c2cc(F)c(Cl)c(CCl)c2)C1. The number of benzene rings is 1. The van der Waals surface area contributed by atoms with E-state index in [1.807, 2.05) is 6.92 Å². The van der Waals surface area contributed by atoms with Gasteiger partial charge in [-0.15, -0.1) is 11.6 Å². The predicted molar refractivity (Wildman–Crippen MR) is 78.1 cm³/mol. The average molecular weight is 340 g/mol. The maximum atomic E-state index is 13.7. The van der Waals surface area contributed by atoms with Crippen molar-refractivity contribution in [2.24, 2.45) is 5.92 Å². The van der Waals surface area contributed by atoms with E-state index in [4.69, 9.17) is 23.2 Å². The van der Waals surface area contributed by atoms with Crippen LogP contribution in [0.2, 0.25) is 5.02 Å². The molecule has 1 saturated heterocycles. The van der Waals surface area contributed by atoms with Crippen molar-refractivity contribution in [1.82, 2.24) is 4.31 Å². The summed E-state index contributed by atoms with van der Waals surface area (Å²) in [5.74, 6) is -0.480. The lowest BCUT2D eigenvalue weighted by Gasteiger charge is -2.30. The van der Waals surface area contributed by atoms with E-state index in [1.54, 1.807) is 0 Å². The van der Waals surface area contributed by atoms with Crippen molar-refractivity contribution in [3.63, 3.8) is 0 Å². The monoisotopic (exact) mass is 339 g/mol. The van der Waals surface area contributed by atoms with Crippen LogP contribution in [0.5, 0.6) is 0 Å². The van der Waals surface area contributed by atoms with E-state index in [9.17, 15) is 12.8 Å². The molecule has 1 unspecified atom stereocenters. The second kappa shape index (κ2) is 6.18. The largest absolute Gasteiger partial charge is 0.243 e. The minimum absolute atomic E-state index is 0.0322. The smallest absolute Gasteiger partial charge is 0.207 e. The van der Waals surface area contributed by atoms with Gasteiger partial charge in [-0.05, 0) is 36.5 Å². The van der Waals surface area contributed by atoms with Crippen molar-refractivity contribution in [3.05, 3.63) is 28.5 Å². The molecule has 2 rings (SSSR count). The van der Waals surface area contributed by atoms with Crippen LogP contribution in [0, 0.1) is 11.7 Å². The van der Waals surface area contributed by atoms with E-state index < -0.39 is 15.8 Å². The fourth-order valence-electron chi connectivity index (χ4n) is 2.38. The molecule has 0 radical (unpaired) electrons. The van der Waals surface area contributed by atoms with Gasteiger partial charge in [-0.1, -0.05) is 18.5 Å². The molecule has 0 aromatic heterocycles. The molecule has 0 bridgehead atoms. The number of hydrogen-bond acceptors (Lipinski definition) is 2. The molecule has 0 saturated carbocycles. The molecule has 1 atom stereocenters. The molecular formula is C13H16Cl2FNO2S. The maximum absolute atomic E-state index is 13.7. The van der Waals surface area contributed by atoms with Crippen LogP contribution >= 0.6 is 23.2 Å². The quantitative estimate of drug-likeness (QED) is 0.788. The third-order valence-corrected chi connectivity index (χ3v) is 6.03. The van der Waals surface area contributed by atoms with Gasteiger partial charge >= 0.3 is 0 Å². The lowest BCUT2D eigenvalue weighted by molar-refractivity contribution is 0.281. The van der Waals surface area contributed by atoms with E-state index >= 15 is 0 Å². The van der Waals surface area contributed by atoms with Gasteiger partial charge in [0.15, 0.2) is 0 Å². The topological polar surface area (TPSA) is 37.4 Å². The number of alkyl halides is 1. The van der Waals surface area contributed by atoms with E-state index in [0.717, 1.165) is 18.9 Å². The Morgan fingerprint density at radius 1 is 1.45 bits per heavy atom. The van der Waals surface area contributed by atoms with Crippen molar-refractivity contribution < 1.29 is 12.8 Å². The zero-order chi connectivity index (χ0) is 14.9. The number of rotatable bonds is 3. The van der Waals surface area contributed by atoms with E-state index in [0.29, 0.717) is 19.0 Å². The third-order valence-electron chi connectivity index (χ3n) is 3.48. The van der Waals surface area contributed by atoms with Gasteiger partial charge in [0, 0.05) is 19.0 Å². The lowest BCUT2D eigenvalue weighted by atomic mass is 10.0. The van der Waals surface area contributed by atoms with Gasteiger partial charge in [-0.3, -0.25) is 0 Å². The molecule has 1 fully saturated rings. The predicted octanol–water partition coefficient (Wildman–Crippen LogP) is 3.64. The second-order valence-electron chi connectivity index (χ2n) is 5.12. The number of nitrogens with zero attached hydrogens (tertiary/aromatic N) is 1. The molecule has 20 heavy (non-hydrogen) atoms. The molecule has 0 amide bonds. The molecule has 3 nitrogen and oxygen atoms in total. The van der Waals surface area contributed by atoms with Crippen LogP contribution in [0.1, 0.15) is 25.3 Å². The van der Waals surface area contributed by atoms with Crippen LogP contribution in [0.4, 0.5) is 4.39 Å². The van der Waals surface area contributed by atoms with Crippen LogP contribution in [-0.2, 0) is 15.9 Å². The summed E-state index contributed by atoms with van der Waals surface area (Å²) in [7, 11) is -3.69. The fraction of sp³-hybridized carbons (Fsp3) is 0.538. The Bertz CT molecular complexity index is 607. The minimum Gasteiger partial charge on any atom is -0.207 e. The first-order chi connectivity index (χ1) is 9.36. The molecule has 1 aromatic rings. The summed E-state index contributed by atoms with van der Waals surface area (Å²) in [6.45, 7) is 2.93. The number of hydrogen-bond donors (Lipinski definition) is 0. The average Bonchev–Trinajstić information content (AvgIpc) is 2.41. The fourth-order valence-corrected chi connectivity index (χ4v) is 4.50. The minimum atomic E-state index is -3.69. The summed E-state index contributed by atoms with van der Waals surface area (Å²) in [4.78, 5) is -0.0795. The van der Waals surface area contributed by atoms with Gasteiger partial charge in [0.2, 0.25) is 10.0 Å². The van der Waals surface area contributed by atoms with Crippen molar-refractivity contribution >= 4 is 33.2 Å². The van der Waals surface area contributed by atoms with Crippen molar-refractivity contribution in [1.29, 1.82) is 0 Å². The molecule has 1 aliphatic rings. The molecule has 1 aromatic carbocycles. The van der Waals surface area contributed by atoms with Crippen molar-refractivity contribution in [3.8, 4) is 0 Å². The molecule has 0 spiro atoms. The Hall–Kier alpha value is -0.360. The Labute approximate surface area is 128 Å². The van der Waals surface area contributed by atoms with E-state index in [1.165, 1.54) is 10.4 Å². The summed E-state index contributed by atoms with van der Waals surface area (Å²) in [6, 6.07) is 2.32. The summed E-state index contributed by atoms with van der Waals surface area (Å²) < 4.78 is 40.2. The Balaban J connectivity index is 2.41. The number of sulfonamides is 1. The first-order valence-corrected chi connectivity index (χ1v) is 8.75. The van der Waals surface area contributed by atoms with Crippen molar-refractivity contribution in [2.75, 3.05) is 13.1 Å². The van der Waals surface area contributed by atoms with E-state index in [2.05, 4.69) is 0 Å². The molecular weight excluding hydrogens is 324 g/mol. The zero-order valence-electron chi connectivity index (χ0n) is 11.1. The lowest BCUT2D eigenvalue weighted by Crippen LogP contribution is -2.39. The Kier molecular flexibility index (Phi) is 4.95. The second-order valence-corrected chi connectivity index (χ2v) is 7.71. The first-order valence-electron chi connectivity index (χ1n) is 6.40. The summed E-state index contributed by atoms with van der Waals surface area (Å²) >= 11 is 11.4. The van der Waals surface area contributed by atoms with E-state index in [-0.39, 0.29) is 21.4 Å². The highest BCUT2D eigenvalue weighted by Gasteiger charge is 2.29. The molecule has 7 heteroatoms. The number of piperidine rings is 1. The number of halogens is 3. The van der Waals surface area contributed by atoms with Crippen LogP contribution in [0.3, 0.4) is 0 Å². The summed E-state index contributed by atoms with van der Waals surface area (Å²) in [5, 5.41) is -0.119. The molecule has 0 aliphatic carbocycles. The van der Waals surface area contributed by atoms with Crippen LogP contribution in [-0.4, -0.2) is 25.8 Å². The Morgan fingerprint density at radius 3 is 2.75 bits per heavy atom. The molecule has 0 N–H and O–H groups in total. The van der Waals surface area contributed by atoms with Gasteiger partial charge in [-0.25, -0.2) is 12.8 Å². The van der Waals surface area contributed by atoms with Gasteiger partial charge in [-0.2, -0.15) is 4.31 Å². The van der Waals surface area contributed by atoms with Gasteiger partial charge < -0.3 is 0 Å². The zero-order valence-corrected chi connectivity index (χ0v) is 13.4. The molecule has 1 heterocycles. The highest BCUT2D eigenvalue weighted by molar-refractivity contribution is 7.89. The highest BCUT2D eigenvalue weighted by Crippen LogP contribution is 2.29. The van der Waals surface area contributed by atoms with Gasteiger partial charge in [0.1, 0.15) is 5.82 Å². The maximum Gasteiger partial charge on any atom is 0.243 e. The standard InChI is InChI=1S/C13H16Cl2FNO2S/c1-9-3-2-4-17(8-9)20(18,19)11-5-10(7-14)13(15)12(16)6-11/h5-6,9H,2-4,7-8H2,1H3. The normalized spacial score (nSPS) is 21.1. The summed E-state index contributed by atoms with van der Waals surface area (Å²) in [5.41, 5.74) is 0.289. The summed E-state index contributed by atoms with van der Waals surface area (Å²) in [6.07, 6.45) is 1.83. The highest BCUT2D eigenvalue weighted by atomic mass is 35.5. The van der Waals surface area contributed by atoms with Crippen LogP contribution < -0.4 is 0 Å². The van der Waals surface area contributed by atoms with Gasteiger partial charge in [0.05, 0.1) is 9.92 Å². The molecule has 1 aliphatic heterocycles. The van der Waals surface area contributed by atoms with Crippen molar-refractivity contribution in [2.45, 2.75) is 30.5 Å².